The number of rotatable bonds is 5. The molecule has 24 heavy (non-hydrogen) atoms. The third kappa shape index (κ3) is 3.23. The quantitative estimate of drug-likeness (QED) is 0.838. The lowest BCUT2D eigenvalue weighted by Gasteiger charge is -2.42. The highest BCUT2D eigenvalue weighted by Gasteiger charge is 2.34. The van der Waals surface area contributed by atoms with Crippen LogP contribution in [0.4, 0.5) is 0 Å². The average Bonchev–Trinajstić information content (AvgIpc) is 3.14. The van der Waals surface area contributed by atoms with Crippen molar-refractivity contribution in [2.24, 2.45) is 13.0 Å². The van der Waals surface area contributed by atoms with Gasteiger partial charge in [0.25, 0.3) is 5.91 Å². The summed E-state index contributed by atoms with van der Waals surface area (Å²) in [5.74, 6) is 0.614. The lowest BCUT2D eigenvalue weighted by atomic mass is 9.92. The molecule has 1 atom stereocenters. The molecule has 6 nitrogen and oxygen atoms in total. The average molecular weight is 330 g/mol. The van der Waals surface area contributed by atoms with Crippen LogP contribution in [0.2, 0.25) is 0 Å². The molecule has 1 saturated carbocycles. The Morgan fingerprint density at radius 3 is 2.67 bits per heavy atom. The molecule has 2 fully saturated rings. The number of carbonyl (C=O) groups excluding carboxylic acids is 2. The maximum Gasteiger partial charge on any atom is 0.254 e. The summed E-state index contributed by atoms with van der Waals surface area (Å²) in [6, 6.07) is 0.0306. The number of aryl methyl sites for hydroxylation is 1. The highest BCUT2D eigenvalue weighted by Crippen LogP contribution is 2.35. The van der Waals surface area contributed by atoms with Gasteiger partial charge in [-0.3, -0.25) is 14.3 Å². The van der Waals surface area contributed by atoms with Crippen LogP contribution in [-0.4, -0.2) is 45.6 Å². The molecule has 6 heteroatoms. The van der Waals surface area contributed by atoms with Crippen LogP contribution in [0.5, 0.6) is 0 Å². The molecule has 3 rings (SSSR count). The van der Waals surface area contributed by atoms with Gasteiger partial charge in [0.1, 0.15) is 0 Å². The summed E-state index contributed by atoms with van der Waals surface area (Å²) >= 11 is 0. The second-order valence-corrected chi connectivity index (χ2v) is 7.05. The van der Waals surface area contributed by atoms with Gasteiger partial charge in [-0.25, -0.2) is 0 Å². The number of carbonyl (C=O) groups is 2. The van der Waals surface area contributed by atoms with Gasteiger partial charge in [0.15, 0.2) is 0 Å². The molecule has 1 aliphatic carbocycles. The van der Waals surface area contributed by atoms with E-state index in [-0.39, 0.29) is 17.9 Å². The zero-order valence-corrected chi connectivity index (χ0v) is 14.5. The normalized spacial score (nSPS) is 19.8. The molecule has 2 amide bonds. The molecule has 130 valence electrons. The van der Waals surface area contributed by atoms with Crippen LogP contribution in [0.1, 0.15) is 54.6 Å². The lowest BCUT2D eigenvalue weighted by molar-refractivity contribution is -0.132. The first-order chi connectivity index (χ1) is 11.5. The van der Waals surface area contributed by atoms with Crippen molar-refractivity contribution >= 4 is 11.8 Å². The molecular formula is C18H26N4O2. The molecule has 0 spiro atoms. The second kappa shape index (κ2) is 6.79. The fourth-order valence-corrected chi connectivity index (χ4v) is 3.72. The van der Waals surface area contributed by atoms with Gasteiger partial charge in [0.2, 0.25) is 5.91 Å². The van der Waals surface area contributed by atoms with Crippen molar-refractivity contribution in [3.8, 4) is 0 Å². The number of aromatic nitrogens is 2. The van der Waals surface area contributed by atoms with Gasteiger partial charge in [-0.2, -0.15) is 5.10 Å². The molecule has 1 N–H and O–H groups in total. The monoisotopic (exact) mass is 330 g/mol. The van der Waals surface area contributed by atoms with E-state index in [1.807, 2.05) is 20.2 Å². The number of nitrogens with zero attached hydrogens (tertiary/aromatic N) is 3. The van der Waals surface area contributed by atoms with Crippen LogP contribution < -0.4 is 5.32 Å². The molecule has 1 aromatic heterocycles. The Morgan fingerprint density at radius 2 is 2.04 bits per heavy atom. The third-order valence-electron chi connectivity index (χ3n) is 5.31. The van der Waals surface area contributed by atoms with Crippen LogP contribution in [0.15, 0.2) is 18.9 Å². The van der Waals surface area contributed by atoms with E-state index in [9.17, 15) is 9.59 Å². The Kier molecular flexibility index (Phi) is 4.73. The van der Waals surface area contributed by atoms with Gasteiger partial charge in [0.05, 0.1) is 11.3 Å². The molecule has 1 saturated heterocycles. The fraction of sp³-hybridized carbons (Fsp3) is 0.611. The Bertz CT molecular complexity index is 639. The lowest BCUT2D eigenvalue weighted by Crippen LogP contribution is -2.57. The van der Waals surface area contributed by atoms with E-state index in [1.165, 1.54) is 18.9 Å². The van der Waals surface area contributed by atoms with Gasteiger partial charge in [-0.15, -0.1) is 0 Å². The minimum Gasteiger partial charge on any atom is -0.349 e. The minimum absolute atomic E-state index is 0.0306. The van der Waals surface area contributed by atoms with E-state index < -0.39 is 0 Å². The van der Waals surface area contributed by atoms with Gasteiger partial charge >= 0.3 is 0 Å². The van der Waals surface area contributed by atoms with Crippen molar-refractivity contribution in [3.05, 3.63) is 30.1 Å². The van der Waals surface area contributed by atoms with E-state index in [0.717, 1.165) is 18.5 Å². The molecule has 0 radical (unpaired) electrons. The Hall–Kier alpha value is -2.11. The highest BCUT2D eigenvalue weighted by atomic mass is 16.2. The van der Waals surface area contributed by atoms with Crippen molar-refractivity contribution in [1.82, 2.24) is 20.0 Å². The van der Waals surface area contributed by atoms with Crippen molar-refractivity contribution < 1.29 is 9.59 Å². The van der Waals surface area contributed by atoms with E-state index in [4.69, 9.17) is 0 Å². The first-order valence-corrected chi connectivity index (χ1v) is 8.75. The largest absolute Gasteiger partial charge is 0.349 e. The summed E-state index contributed by atoms with van der Waals surface area (Å²) in [7, 11) is 1.86. The first-order valence-electron chi connectivity index (χ1n) is 8.75. The smallest absolute Gasteiger partial charge is 0.254 e. The zero-order chi connectivity index (χ0) is 17.3. The summed E-state index contributed by atoms with van der Waals surface area (Å²) < 4.78 is 1.74. The molecular weight excluding hydrogens is 304 g/mol. The van der Waals surface area contributed by atoms with Crippen LogP contribution in [-0.2, 0) is 11.8 Å². The van der Waals surface area contributed by atoms with Crippen LogP contribution in [0.25, 0.3) is 0 Å². The van der Waals surface area contributed by atoms with E-state index >= 15 is 0 Å². The van der Waals surface area contributed by atoms with Gasteiger partial charge < -0.3 is 10.2 Å². The summed E-state index contributed by atoms with van der Waals surface area (Å²) in [6.45, 7) is 6.86. The van der Waals surface area contributed by atoms with Gasteiger partial charge in [0, 0.05) is 44.2 Å². The molecule has 0 bridgehead atoms. The molecule has 1 aliphatic heterocycles. The maximum atomic E-state index is 12.7. The molecule has 1 unspecified atom stereocenters. The van der Waals surface area contributed by atoms with Gasteiger partial charge in [-0.1, -0.05) is 19.4 Å². The first kappa shape index (κ1) is 16.7. The third-order valence-corrected chi connectivity index (χ3v) is 5.31. The number of hydrogen-bond donors (Lipinski definition) is 1. The summed E-state index contributed by atoms with van der Waals surface area (Å²) in [6.07, 6.45) is 7.83. The number of likely N-dealkylation sites (tertiary alicyclic amines) is 1. The Labute approximate surface area is 142 Å². The Balaban J connectivity index is 1.61. The number of hydrogen-bond acceptors (Lipinski definition) is 3. The SMILES string of the molecule is C=CC(=O)N1CC(C(C)NC(=O)c2cn(C)nc2C2CCCC2)C1. The van der Waals surface area contributed by atoms with Crippen molar-refractivity contribution in [3.63, 3.8) is 0 Å². The van der Waals surface area contributed by atoms with E-state index in [1.54, 1.807) is 9.58 Å². The second-order valence-electron chi connectivity index (χ2n) is 7.05. The topological polar surface area (TPSA) is 67.2 Å². The summed E-state index contributed by atoms with van der Waals surface area (Å²) in [4.78, 5) is 26.0. The Morgan fingerprint density at radius 1 is 1.38 bits per heavy atom. The maximum absolute atomic E-state index is 12.7. The zero-order valence-electron chi connectivity index (χ0n) is 14.5. The standard InChI is InChI=1S/C18H26N4O2/c1-4-16(23)22-9-14(10-22)12(2)19-18(24)15-11-21(3)20-17(15)13-7-5-6-8-13/h4,11-14H,1,5-10H2,2-3H3,(H,19,24). The predicted molar refractivity (Wildman–Crippen MR) is 91.6 cm³/mol. The van der Waals surface area contributed by atoms with Crippen LogP contribution in [0.3, 0.4) is 0 Å². The fourth-order valence-electron chi connectivity index (χ4n) is 3.72. The number of amides is 2. The van der Waals surface area contributed by atoms with Crippen molar-refractivity contribution in [1.29, 1.82) is 0 Å². The minimum atomic E-state index is -0.0500. The number of nitrogens with one attached hydrogen (secondary N) is 1. The summed E-state index contributed by atoms with van der Waals surface area (Å²) in [5.41, 5.74) is 1.64. The molecule has 2 aliphatic rings. The van der Waals surface area contributed by atoms with Crippen LogP contribution >= 0.6 is 0 Å². The summed E-state index contributed by atoms with van der Waals surface area (Å²) in [5, 5.41) is 7.63. The highest BCUT2D eigenvalue weighted by molar-refractivity contribution is 5.95. The molecule has 2 heterocycles. The predicted octanol–water partition coefficient (Wildman–Crippen LogP) is 1.84. The molecule has 1 aromatic rings. The van der Waals surface area contributed by atoms with Crippen molar-refractivity contribution in [2.45, 2.75) is 44.6 Å². The van der Waals surface area contributed by atoms with Crippen LogP contribution in [0, 0.1) is 5.92 Å². The van der Waals surface area contributed by atoms with Gasteiger partial charge in [-0.05, 0) is 25.8 Å². The van der Waals surface area contributed by atoms with E-state index in [0.29, 0.717) is 30.5 Å². The molecule has 0 aromatic carbocycles. The van der Waals surface area contributed by atoms with Crippen molar-refractivity contribution in [2.75, 3.05) is 13.1 Å². The van der Waals surface area contributed by atoms with E-state index in [2.05, 4.69) is 17.0 Å².